The molecule has 3 atom stereocenters. The zero-order valence-electron chi connectivity index (χ0n) is 31.1. The second kappa shape index (κ2) is 16.3. The summed E-state index contributed by atoms with van der Waals surface area (Å²) in [6.07, 6.45) is 11.8. The van der Waals surface area contributed by atoms with Crippen LogP contribution in [0.2, 0.25) is 0 Å². The van der Waals surface area contributed by atoms with E-state index in [1.807, 2.05) is 42.5 Å². The van der Waals surface area contributed by atoms with Gasteiger partial charge < -0.3 is 21.1 Å². The third-order valence-electron chi connectivity index (χ3n) is 11.9. The smallest absolute Gasteiger partial charge is 0.287 e. The molecule has 1 aliphatic heterocycles. The molecule has 4 N–H and O–H groups in total. The van der Waals surface area contributed by atoms with Gasteiger partial charge in [0.1, 0.15) is 17.2 Å². The van der Waals surface area contributed by atoms with Gasteiger partial charge in [-0.2, -0.15) is 0 Å². The number of benzene rings is 2. The maximum Gasteiger partial charge on any atom is 0.287 e. The third kappa shape index (κ3) is 8.69. The molecule has 53 heavy (non-hydrogen) atoms. The molecule has 3 aromatic rings. The van der Waals surface area contributed by atoms with Gasteiger partial charge in [0, 0.05) is 30.9 Å². The molecule has 6 rings (SSSR count). The highest BCUT2D eigenvalue weighted by Crippen LogP contribution is 2.37. The molecule has 0 bridgehead atoms. The maximum absolute atomic E-state index is 14.9. The first-order valence-electron chi connectivity index (χ1n) is 19.5. The minimum absolute atomic E-state index is 0.0384. The number of aliphatic hydroxyl groups is 1. The van der Waals surface area contributed by atoms with Gasteiger partial charge in [0.2, 0.25) is 17.6 Å². The number of nitrogens with one attached hydrogen (secondary N) is 1. The Bertz CT molecular complexity index is 1820. The van der Waals surface area contributed by atoms with Gasteiger partial charge in [0.15, 0.2) is 5.78 Å². The number of ketones is 2. The minimum atomic E-state index is -1.44. The van der Waals surface area contributed by atoms with Crippen LogP contribution in [0.4, 0.5) is 0 Å². The van der Waals surface area contributed by atoms with Crippen molar-refractivity contribution >= 4 is 40.1 Å². The van der Waals surface area contributed by atoms with Crippen molar-refractivity contribution < 1.29 is 29.1 Å². The summed E-state index contributed by atoms with van der Waals surface area (Å²) >= 11 is 0. The molecule has 1 aromatic heterocycles. The summed E-state index contributed by atoms with van der Waals surface area (Å²) in [6.45, 7) is 3.38. The number of likely N-dealkylation sites (tertiary alicyclic amines) is 1. The Morgan fingerprint density at radius 2 is 1.64 bits per heavy atom. The summed E-state index contributed by atoms with van der Waals surface area (Å²) < 4.78 is 1.59. The Kier molecular flexibility index (Phi) is 11.8. The van der Waals surface area contributed by atoms with Crippen LogP contribution in [0, 0.1) is 11.8 Å². The van der Waals surface area contributed by atoms with Crippen molar-refractivity contribution in [2.75, 3.05) is 6.54 Å². The fraction of sp³-hybridized carbons (Fsp3) is 0.585. The fourth-order valence-corrected chi connectivity index (χ4v) is 8.94. The number of hydrogen-bond donors (Lipinski definition) is 3. The van der Waals surface area contributed by atoms with E-state index in [4.69, 9.17) is 5.73 Å². The van der Waals surface area contributed by atoms with Crippen LogP contribution in [-0.2, 0) is 24.8 Å². The maximum atomic E-state index is 14.9. The predicted octanol–water partition coefficient (Wildman–Crippen LogP) is 5.31. The van der Waals surface area contributed by atoms with Crippen LogP contribution in [0.5, 0.6) is 0 Å². The molecular weight excluding hydrogens is 672 g/mol. The number of Topliss-reactive ketones (excluding diaryl/α,β-unsaturated/α-hetero) is 2. The van der Waals surface area contributed by atoms with E-state index < -0.39 is 46.7 Å². The van der Waals surface area contributed by atoms with Crippen molar-refractivity contribution in [3.8, 4) is 0 Å². The molecular formula is C41H54N6O6. The van der Waals surface area contributed by atoms with Gasteiger partial charge in [-0.1, -0.05) is 99.4 Å². The first-order valence-corrected chi connectivity index (χ1v) is 19.5. The molecule has 3 amide bonds. The molecule has 12 nitrogen and oxygen atoms in total. The van der Waals surface area contributed by atoms with Crippen molar-refractivity contribution in [1.82, 2.24) is 25.2 Å². The van der Waals surface area contributed by atoms with Crippen LogP contribution in [0.1, 0.15) is 132 Å². The number of nitrogens with zero attached hydrogens (tertiary/aromatic N) is 4. The van der Waals surface area contributed by atoms with Gasteiger partial charge in [-0.25, -0.2) is 4.68 Å². The van der Waals surface area contributed by atoms with Crippen LogP contribution >= 0.6 is 0 Å². The largest absolute Gasteiger partial charge is 0.384 e. The monoisotopic (exact) mass is 726 g/mol. The van der Waals surface area contributed by atoms with E-state index in [9.17, 15) is 29.1 Å². The fourth-order valence-electron chi connectivity index (χ4n) is 8.94. The van der Waals surface area contributed by atoms with Gasteiger partial charge in [0.05, 0.1) is 17.9 Å². The number of aromatic nitrogens is 3. The highest BCUT2D eigenvalue weighted by Gasteiger charge is 2.48. The van der Waals surface area contributed by atoms with E-state index in [2.05, 4.69) is 15.6 Å². The summed E-state index contributed by atoms with van der Waals surface area (Å²) in [4.78, 5) is 70.3. The van der Waals surface area contributed by atoms with Crippen molar-refractivity contribution in [3.63, 3.8) is 0 Å². The van der Waals surface area contributed by atoms with Crippen molar-refractivity contribution in [2.24, 2.45) is 17.6 Å². The van der Waals surface area contributed by atoms with Crippen LogP contribution in [0.15, 0.2) is 48.7 Å². The Labute approximate surface area is 311 Å². The van der Waals surface area contributed by atoms with E-state index in [0.29, 0.717) is 42.9 Å². The van der Waals surface area contributed by atoms with Crippen LogP contribution in [0.3, 0.4) is 0 Å². The van der Waals surface area contributed by atoms with E-state index in [-0.39, 0.29) is 43.9 Å². The standard InChI is InChI=1S/C41H54N6O6/c1-40(2,53)35-25-43-45-47(35)32-24-33(38(51)44-41(36(49)37(42)50)20-10-3-4-11-21-41)46(26-32)39(52)31(22-27-12-6-5-7-13-27)18-19-34(48)30-17-16-28-14-8-9-15-29(28)23-30/h8-9,14-17,23,25,27,31-33,53H,3-7,10-13,18-22,24,26H2,1-2H3,(H2,42,50)(H,44,51)/t31-,32+,33+/m1/s1. The lowest BCUT2D eigenvalue weighted by Crippen LogP contribution is -2.61. The van der Waals surface area contributed by atoms with E-state index in [1.165, 1.54) is 12.6 Å². The first-order chi connectivity index (χ1) is 25.4. The Balaban J connectivity index is 1.30. The van der Waals surface area contributed by atoms with E-state index in [0.717, 1.165) is 49.3 Å². The number of nitrogens with two attached hydrogens (primary N) is 1. The third-order valence-corrected chi connectivity index (χ3v) is 11.9. The van der Waals surface area contributed by atoms with Gasteiger partial charge in [0.25, 0.3) is 5.91 Å². The minimum Gasteiger partial charge on any atom is -0.384 e. The predicted molar refractivity (Wildman–Crippen MR) is 199 cm³/mol. The first kappa shape index (κ1) is 38.3. The van der Waals surface area contributed by atoms with Crippen molar-refractivity contribution in [2.45, 2.75) is 133 Å². The molecule has 3 aliphatic rings. The van der Waals surface area contributed by atoms with Gasteiger partial charge in [-0.05, 0) is 62.3 Å². The van der Waals surface area contributed by atoms with Crippen molar-refractivity contribution in [1.29, 1.82) is 0 Å². The lowest BCUT2D eigenvalue weighted by atomic mass is 9.80. The molecule has 284 valence electrons. The summed E-state index contributed by atoms with van der Waals surface area (Å²) in [6, 6.07) is 12.1. The molecule has 2 aromatic carbocycles. The summed E-state index contributed by atoms with van der Waals surface area (Å²) in [7, 11) is 0. The summed E-state index contributed by atoms with van der Waals surface area (Å²) in [5.41, 5.74) is 3.85. The number of fused-ring (bicyclic) bond motifs is 1. The Hall–Kier alpha value is -4.45. The van der Waals surface area contributed by atoms with Crippen LogP contribution in [0.25, 0.3) is 10.8 Å². The number of hydrogen-bond acceptors (Lipinski definition) is 8. The number of carbonyl (C=O) groups is 5. The Morgan fingerprint density at radius 3 is 2.32 bits per heavy atom. The normalized spacial score (nSPS) is 21.5. The second-order valence-electron chi connectivity index (χ2n) is 16.2. The average molecular weight is 727 g/mol. The number of carbonyl (C=O) groups excluding carboxylic acids is 5. The summed E-state index contributed by atoms with van der Waals surface area (Å²) in [5, 5.41) is 24.3. The average Bonchev–Trinajstić information content (AvgIpc) is 3.77. The van der Waals surface area contributed by atoms with Crippen LogP contribution < -0.4 is 11.1 Å². The molecule has 0 radical (unpaired) electrons. The van der Waals surface area contributed by atoms with Crippen molar-refractivity contribution in [3.05, 3.63) is 59.9 Å². The molecule has 2 heterocycles. The summed E-state index contributed by atoms with van der Waals surface area (Å²) in [5.74, 6) is -2.87. The zero-order chi connectivity index (χ0) is 37.8. The molecule has 1 saturated heterocycles. The molecule has 2 aliphatic carbocycles. The van der Waals surface area contributed by atoms with Crippen LogP contribution in [-0.4, -0.2) is 72.4 Å². The lowest BCUT2D eigenvalue weighted by Gasteiger charge is -2.35. The quantitative estimate of drug-likeness (QED) is 0.121. The highest BCUT2D eigenvalue weighted by molar-refractivity contribution is 6.39. The molecule has 0 spiro atoms. The van der Waals surface area contributed by atoms with E-state index >= 15 is 0 Å². The lowest BCUT2D eigenvalue weighted by molar-refractivity contribution is -0.146. The molecule has 12 heteroatoms. The number of primary amides is 1. The molecule has 2 saturated carbocycles. The highest BCUT2D eigenvalue weighted by atomic mass is 16.3. The van der Waals surface area contributed by atoms with Gasteiger partial charge >= 0.3 is 0 Å². The zero-order valence-corrected chi connectivity index (χ0v) is 31.1. The van der Waals surface area contributed by atoms with E-state index in [1.54, 1.807) is 23.4 Å². The number of amides is 3. The number of rotatable bonds is 13. The van der Waals surface area contributed by atoms with Gasteiger partial charge in [-0.3, -0.25) is 24.0 Å². The Morgan fingerprint density at radius 1 is 0.962 bits per heavy atom. The topological polar surface area (TPSA) is 178 Å². The second-order valence-corrected chi connectivity index (χ2v) is 16.2. The molecule has 3 fully saturated rings. The van der Waals surface area contributed by atoms with Gasteiger partial charge in [-0.15, -0.1) is 5.10 Å². The molecule has 0 unspecified atom stereocenters. The SMILES string of the molecule is CC(C)(O)c1cnnn1[C@H]1C[C@@H](C(=O)NC2(C(=O)C(N)=O)CCCCCC2)N(C(=O)[C@H](CCC(=O)c2ccc3ccccc3c2)CC2CCCCC2)C1.